The lowest BCUT2D eigenvalue weighted by atomic mass is 9.98. The van der Waals surface area contributed by atoms with Crippen LogP contribution in [-0.4, -0.2) is 43.5 Å². The summed E-state index contributed by atoms with van der Waals surface area (Å²) in [7, 11) is 3.08. The van der Waals surface area contributed by atoms with E-state index in [0.29, 0.717) is 23.7 Å². The zero-order valence-corrected chi connectivity index (χ0v) is 15.5. The fourth-order valence-corrected chi connectivity index (χ4v) is 3.92. The molecule has 0 N–H and O–H groups in total. The van der Waals surface area contributed by atoms with Crippen LogP contribution in [0.4, 0.5) is 5.69 Å². The van der Waals surface area contributed by atoms with E-state index < -0.39 is 6.04 Å². The number of carbonyl (C=O) groups is 2. The maximum Gasteiger partial charge on any atom is 0.251 e. The predicted octanol–water partition coefficient (Wildman–Crippen LogP) is 2.39. The lowest BCUT2D eigenvalue weighted by Gasteiger charge is -2.32. The molecule has 27 heavy (non-hydrogen) atoms. The highest BCUT2D eigenvalue weighted by Crippen LogP contribution is 2.35. The minimum absolute atomic E-state index is 0.174. The molecule has 2 aromatic rings. The Balaban J connectivity index is 1.58. The molecule has 0 aliphatic carbocycles. The minimum atomic E-state index is -0.418. The fraction of sp³-hybridized carbons (Fsp3) is 0.333. The monoisotopic (exact) mass is 366 g/mol. The molecule has 0 aromatic heterocycles. The average molecular weight is 366 g/mol. The van der Waals surface area contributed by atoms with Crippen LogP contribution in [0.1, 0.15) is 17.5 Å². The predicted molar refractivity (Wildman–Crippen MR) is 101 cm³/mol. The van der Waals surface area contributed by atoms with Gasteiger partial charge < -0.3 is 9.47 Å². The van der Waals surface area contributed by atoms with Gasteiger partial charge in [-0.2, -0.15) is 0 Å². The molecule has 2 heterocycles. The SMILES string of the molecule is COc1ccc(N2C(=O)C[C@H](N3CCc4ccccc4C3)C2=O)cc1OC. The molecule has 1 fully saturated rings. The Morgan fingerprint density at radius 3 is 2.44 bits per heavy atom. The molecule has 2 amide bonds. The Bertz CT molecular complexity index is 896. The van der Waals surface area contributed by atoms with Crippen molar-refractivity contribution in [2.45, 2.75) is 25.4 Å². The van der Waals surface area contributed by atoms with E-state index in [1.807, 2.05) is 12.1 Å². The Morgan fingerprint density at radius 1 is 0.963 bits per heavy atom. The van der Waals surface area contributed by atoms with Gasteiger partial charge in [0.25, 0.3) is 5.91 Å². The number of fused-ring (bicyclic) bond motifs is 1. The molecule has 1 saturated heterocycles. The number of rotatable bonds is 4. The number of amides is 2. The maximum absolute atomic E-state index is 13.1. The molecule has 0 bridgehead atoms. The third-order valence-corrected chi connectivity index (χ3v) is 5.35. The van der Waals surface area contributed by atoms with Crippen LogP contribution < -0.4 is 14.4 Å². The molecule has 2 aromatic carbocycles. The van der Waals surface area contributed by atoms with Crippen molar-refractivity contribution in [1.82, 2.24) is 4.90 Å². The van der Waals surface area contributed by atoms with Crippen LogP contribution in [0, 0.1) is 0 Å². The van der Waals surface area contributed by atoms with Crippen molar-refractivity contribution in [3.8, 4) is 11.5 Å². The van der Waals surface area contributed by atoms with Gasteiger partial charge in [-0.05, 0) is 29.7 Å². The van der Waals surface area contributed by atoms with Gasteiger partial charge >= 0.3 is 0 Å². The van der Waals surface area contributed by atoms with Crippen molar-refractivity contribution in [3.05, 3.63) is 53.6 Å². The largest absolute Gasteiger partial charge is 0.493 e. The number of hydrogen-bond donors (Lipinski definition) is 0. The highest BCUT2D eigenvalue weighted by atomic mass is 16.5. The summed E-state index contributed by atoms with van der Waals surface area (Å²) in [6, 6.07) is 12.9. The lowest BCUT2D eigenvalue weighted by molar-refractivity contribution is -0.123. The molecular formula is C21H22N2O4. The number of methoxy groups -OCH3 is 2. The van der Waals surface area contributed by atoms with Gasteiger partial charge in [-0.15, -0.1) is 0 Å². The smallest absolute Gasteiger partial charge is 0.251 e. The minimum Gasteiger partial charge on any atom is -0.493 e. The third-order valence-electron chi connectivity index (χ3n) is 5.35. The summed E-state index contributed by atoms with van der Waals surface area (Å²) in [6.07, 6.45) is 1.10. The maximum atomic E-state index is 13.1. The van der Waals surface area contributed by atoms with Crippen LogP contribution >= 0.6 is 0 Å². The number of ether oxygens (including phenoxy) is 2. The van der Waals surface area contributed by atoms with Gasteiger partial charge in [-0.3, -0.25) is 14.5 Å². The highest BCUT2D eigenvalue weighted by molar-refractivity contribution is 6.22. The van der Waals surface area contributed by atoms with Crippen LogP contribution in [0.15, 0.2) is 42.5 Å². The Labute approximate surface area is 158 Å². The molecule has 0 unspecified atom stereocenters. The van der Waals surface area contributed by atoms with Crippen molar-refractivity contribution < 1.29 is 19.1 Å². The van der Waals surface area contributed by atoms with Gasteiger partial charge in [0.15, 0.2) is 11.5 Å². The molecule has 4 rings (SSSR count). The summed E-state index contributed by atoms with van der Waals surface area (Å²) in [5.41, 5.74) is 3.07. The summed E-state index contributed by atoms with van der Waals surface area (Å²) in [5, 5.41) is 0. The molecule has 0 saturated carbocycles. The van der Waals surface area contributed by atoms with Gasteiger partial charge in [-0.25, -0.2) is 4.90 Å². The summed E-state index contributed by atoms with van der Waals surface area (Å²) < 4.78 is 10.5. The van der Waals surface area contributed by atoms with Gasteiger partial charge in [0, 0.05) is 19.2 Å². The zero-order chi connectivity index (χ0) is 19.0. The Hall–Kier alpha value is -2.86. The van der Waals surface area contributed by atoms with Gasteiger partial charge in [0.05, 0.1) is 32.4 Å². The summed E-state index contributed by atoms with van der Waals surface area (Å²) in [5.74, 6) is 0.693. The normalized spacial score (nSPS) is 19.9. The highest BCUT2D eigenvalue weighted by Gasteiger charge is 2.43. The van der Waals surface area contributed by atoms with Crippen molar-refractivity contribution in [1.29, 1.82) is 0 Å². The Kier molecular flexibility index (Phi) is 4.58. The van der Waals surface area contributed by atoms with Gasteiger partial charge in [-0.1, -0.05) is 24.3 Å². The summed E-state index contributed by atoms with van der Waals surface area (Å²) >= 11 is 0. The quantitative estimate of drug-likeness (QED) is 0.778. The fourth-order valence-electron chi connectivity index (χ4n) is 3.92. The van der Waals surface area contributed by atoms with Crippen LogP contribution in [0.5, 0.6) is 11.5 Å². The van der Waals surface area contributed by atoms with E-state index in [4.69, 9.17) is 9.47 Å². The first-order valence-corrected chi connectivity index (χ1v) is 9.02. The first-order valence-electron chi connectivity index (χ1n) is 9.02. The molecule has 6 heteroatoms. The second-order valence-corrected chi connectivity index (χ2v) is 6.82. The number of carbonyl (C=O) groups excluding carboxylic acids is 2. The second kappa shape index (κ2) is 7.04. The van der Waals surface area contributed by atoms with Crippen molar-refractivity contribution in [2.75, 3.05) is 25.7 Å². The number of benzene rings is 2. The van der Waals surface area contributed by atoms with E-state index in [0.717, 1.165) is 13.0 Å². The number of hydrogen-bond acceptors (Lipinski definition) is 5. The van der Waals surface area contributed by atoms with E-state index in [1.165, 1.54) is 23.1 Å². The van der Waals surface area contributed by atoms with Gasteiger partial charge in [0.1, 0.15) is 0 Å². The molecule has 0 radical (unpaired) electrons. The van der Waals surface area contributed by atoms with E-state index >= 15 is 0 Å². The van der Waals surface area contributed by atoms with E-state index in [-0.39, 0.29) is 18.2 Å². The van der Waals surface area contributed by atoms with Crippen LogP contribution in [0.2, 0.25) is 0 Å². The molecule has 1 atom stereocenters. The second-order valence-electron chi connectivity index (χ2n) is 6.82. The molecular weight excluding hydrogens is 344 g/mol. The number of anilines is 1. The molecule has 140 valence electrons. The summed E-state index contributed by atoms with van der Waals surface area (Å²) in [6.45, 7) is 1.47. The molecule has 6 nitrogen and oxygen atoms in total. The standard InChI is InChI=1S/C21H22N2O4/c1-26-18-8-7-16(11-19(18)27-2)23-20(24)12-17(21(23)25)22-10-9-14-5-3-4-6-15(14)13-22/h3-8,11,17H,9-10,12-13H2,1-2H3/t17-/m0/s1. The number of nitrogens with zero attached hydrogens (tertiary/aromatic N) is 2. The van der Waals surface area contributed by atoms with Crippen molar-refractivity contribution in [2.24, 2.45) is 0 Å². The average Bonchev–Trinajstić information content (AvgIpc) is 3.01. The third kappa shape index (κ3) is 3.06. The van der Waals surface area contributed by atoms with Crippen LogP contribution in [0.25, 0.3) is 0 Å². The van der Waals surface area contributed by atoms with Crippen LogP contribution in [-0.2, 0) is 22.6 Å². The van der Waals surface area contributed by atoms with Crippen molar-refractivity contribution >= 4 is 17.5 Å². The molecule has 2 aliphatic rings. The van der Waals surface area contributed by atoms with Crippen LogP contribution in [0.3, 0.4) is 0 Å². The number of imide groups is 1. The lowest BCUT2D eigenvalue weighted by Crippen LogP contribution is -2.44. The molecule has 2 aliphatic heterocycles. The summed E-state index contributed by atoms with van der Waals surface area (Å²) in [4.78, 5) is 29.1. The zero-order valence-electron chi connectivity index (χ0n) is 15.5. The van der Waals surface area contributed by atoms with E-state index in [2.05, 4.69) is 17.0 Å². The first-order chi connectivity index (χ1) is 13.1. The molecule has 0 spiro atoms. The van der Waals surface area contributed by atoms with Gasteiger partial charge in [0.2, 0.25) is 5.91 Å². The van der Waals surface area contributed by atoms with Crippen molar-refractivity contribution in [3.63, 3.8) is 0 Å². The first kappa shape index (κ1) is 17.5. The topological polar surface area (TPSA) is 59.1 Å². The Morgan fingerprint density at radius 2 is 1.70 bits per heavy atom. The van der Waals surface area contributed by atoms with E-state index in [9.17, 15) is 9.59 Å². The van der Waals surface area contributed by atoms with E-state index in [1.54, 1.807) is 25.3 Å².